The lowest BCUT2D eigenvalue weighted by Crippen LogP contribution is -2.46. The van der Waals surface area contributed by atoms with Crippen LogP contribution in [0.5, 0.6) is 0 Å². The molecule has 0 aliphatic carbocycles. The lowest BCUT2D eigenvalue weighted by molar-refractivity contribution is 0.0945. The van der Waals surface area contributed by atoms with Crippen LogP contribution in [0.2, 0.25) is 0 Å². The zero-order valence-electron chi connectivity index (χ0n) is 22.3. The molecule has 4 aromatic rings. The molecular formula is C30H34FN7O. The molecule has 0 atom stereocenters. The minimum Gasteiger partial charge on any atom is -0.371 e. The van der Waals surface area contributed by atoms with Crippen LogP contribution in [0.25, 0.3) is 16.7 Å². The Balaban J connectivity index is 1.20. The summed E-state index contributed by atoms with van der Waals surface area (Å²) in [6.07, 6.45) is 8.29. The molecule has 2 saturated heterocycles. The molecule has 1 N–H and O–H groups in total. The molecule has 0 unspecified atom stereocenters. The van der Waals surface area contributed by atoms with Gasteiger partial charge in [-0.05, 0) is 87.6 Å². The quantitative estimate of drug-likeness (QED) is 0.358. The Bertz CT molecular complexity index is 1540. The van der Waals surface area contributed by atoms with Crippen molar-refractivity contribution in [1.82, 2.24) is 24.2 Å². The molecule has 8 nitrogen and oxygen atoms in total. The number of benzene rings is 2. The number of halogens is 1. The maximum Gasteiger partial charge on any atom is 0.282 e. The summed E-state index contributed by atoms with van der Waals surface area (Å²) in [5, 5.41) is 3.57. The van der Waals surface area contributed by atoms with Crippen LogP contribution in [0.15, 0.2) is 72.2 Å². The van der Waals surface area contributed by atoms with Crippen LogP contribution >= 0.6 is 0 Å². The van der Waals surface area contributed by atoms with Crippen LogP contribution < -0.4 is 15.8 Å². The molecule has 202 valence electrons. The minimum absolute atomic E-state index is 0.159. The number of fused-ring (bicyclic) bond motifs is 1. The highest BCUT2D eigenvalue weighted by Gasteiger charge is 2.36. The molecule has 4 heterocycles. The van der Waals surface area contributed by atoms with Crippen molar-refractivity contribution >= 4 is 28.4 Å². The normalized spacial score (nSPS) is 17.5. The van der Waals surface area contributed by atoms with E-state index in [0.717, 1.165) is 18.8 Å². The number of aromatic nitrogens is 4. The second-order valence-corrected chi connectivity index (χ2v) is 10.8. The summed E-state index contributed by atoms with van der Waals surface area (Å²) in [6, 6.07) is 14.5. The van der Waals surface area contributed by atoms with E-state index in [1.165, 1.54) is 61.4 Å². The summed E-state index contributed by atoms with van der Waals surface area (Å²) in [6.45, 7) is 8.70. The molecule has 2 aliphatic rings. The van der Waals surface area contributed by atoms with E-state index in [9.17, 15) is 9.18 Å². The standard InChI is InChI=1S/C30H34FN7O/c1-3-16-37-27-24(28(39)38(37)26-7-5-4-6-25(26)31)21-32-29(34-27)33-22-8-10-23(11-9-22)36-19-14-30(15-20-36)12-17-35(2)18-13-30/h3-11,21H,1,12-20H2,2H3,(H,32,33,34). The van der Waals surface area contributed by atoms with Gasteiger partial charge in [-0.1, -0.05) is 18.2 Å². The van der Waals surface area contributed by atoms with Gasteiger partial charge in [-0.15, -0.1) is 6.58 Å². The topological polar surface area (TPSA) is 71.2 Å². The van der Waals surface area contributed by atoms with E-state index < -0.39 is 5.82 Å². The van der Waals surface area contributed by atoms with Gasteiger partial charge in [0.05, 0.1) is 6.54 Å². The number of likely N-dealkylation sites (tertiary alicyclic amines) is 1. The summed E-state index contributed by atoms with van der Waals surface area (Å²) in [5.41, 5.74) is 2.80. The van der Waals surface area contributed by atoms with E-state index in [1.54, 1.807) is 29.0 Å². The summed E-state index contributed by atoms with van der Waals surface area (Å²) < 4.78 is 17.5. The highest BCUT2D eigenvalue weighted by Crippen LogP contribution is 2.42. The van der Waals surface area contributed by atoms with Gasteiger partial charge in [0.2, 0.25) is 5.95 Å². The summed E-state index contributed by atoms with van der Waals surface area (Å²) in [5.74, 6) is -0.129. The van der Waals surface area contributed by atoms with Gasteiger partial charge in [0.25, 0.3) is 5.56 Å². The van der Waals surface area contributed by atoms with Crippen molar-refractivity contribution in [2.45, 2.75) is 32.2 Å². The fraction of sp³-hybridized carbons (Fsp3) is 0.367. The van der Waals surface area contributed by atoms with E-state index in [4.69, 9.17) is 0 Å². The summed E-state index contributed by atoms with van der Waals surface area (Å²) in [7, 11) is 2.22. The van der Waals surface area contributed by atoms with Crippen molar-refractivity contribution in [1.29, 1.82) is 0 Å². The molecule has 0 bridgehead atoms. The van der Waals surface area contributed by atoms with E-state index in [-0.39, 0.29) is 17.8 Å². The van der Waals surface area contributed by atoms with Crippen molar-refractivity contribution in [3.8, 4) is 5.69 Å². The maximum absolute atomic E-state index is 14.6. The van der Waals surface area contributed by atoms with Crippen LogP contribution in [0.1, 0.15) is 25.7 Å². The maximum atomic E-state index is 14.6. The van der Waals surface area contributed by atoms with Gasteiger partial charge in [0.15, 0.2) is 5.65 Å². The first kappa shape index (κ1) is 25.3. The first-order valence-electron chi connectivity index (χ1n) is 13.6. The third kappa shape index (κ3) is 4.83. The zero-order valence-corrected chi connectivity index (χ0v) is 22.3. The van der Waals surface area contributed by atoms with Gasteiger partial charge >= 0.3 is 0 Å². The average molecular weight is 528 g/mol. The van der Waals surface area contributed by atoms with E-state index in [1.807, 2.05) is 12.1 Å². The molecule has 2 fully saturated rings. The van der Waals surface area contributed by atoms with Crippen molar-refractivity contribution in [3.05, 3.63) is 83.6 Å². The molecule has 9 heteroatoms. The summed E-state index contributed by atoms with van der Waals surface area (Å²) >= 11 is 0. The van der Waals surface area contributed by atoms with Crippen molar-refractivity contribution in [3.63, 3.8) is 0 Å². The number of nitrogens with one attached hydrogen (secondary N) is 1. The zero-order chi connectivity index (χ0) is 27.0. The van der Waals surface area contributed by atoms with Gasteiger partial charge in [0.1, 0.15) is 16.9 Å². The smallest absolute Gasteiger partial charge is 0.282 e. The Morgan fingerprint density at radius 3 is 2.41 bits per heavy atom. The second-order valence-electron chi connectivity index (χ2n) is 10.8. The molecule has 39 heavy (non-hydrogen) atoms. The van der Waals surface area contributed by atoms with E-state index in [0.29, 0.717) is 22.4 Å². The molecule has 6 rings (SSSR count). The molecule has 2 aromatic carbocycles. The van der Waals surface area contributed by atoms with Crippen LogP contribution in [-0.2, 0) is 6.54 Å². The number of hydrogen-bond donors (Lipinski definition) is 1. The number of rotatable bonds is 6. The Labute approximate surface area is 227 Å². The fourth-order valence-corrected chi connectivity index (χ4v) is 5.97. The van der Waals surface area contributed by atoms with Gasteiger partial charge in [0, 0.05) is 30.7 Å². The number of allylic oxidation sites excluding steroid dienone is 1. The number of anilines is 3. The van der Waals surface area contributed by atoms with Gasteiger partial charge in [-0.2, -0.15) is 4.98 Å². The number of nitrogens with zero attached hydrogens (tertiary/aromatic N) is 6. The predicted octanol–water partition coefficient (Wildman–Crippen LogP) is 4.96. The highest BCUT2D eigenvalue weighted by molar-refractivity contribution is 5.76. The summed E-state index contributed by atoms with van der Waals surface area (Å²) in [4.78, 5) is 27.1. The molecule has 1 spiro atoms. The molecular weight excluding hydrogens is 493 g/mol. The van der Waals surface area contributed by atoms with Crippen molar-refractivity contribution in [2.75, 3.05) is 43.4 Å². The lowest BCUT2D eigenvalue weighted by Gasteiger charge is -2.46. The SMILES string of the molecule is C=CCn1c2nc(Nc3ccc(N4CCC5(CCN(C)CC5)CC4)cc3)ncc2c(=O)n1-c1ccccc1F. The third-order valence-corrected chi connectivity index (χ3v) is 8.42. The number of piperidine rings is 2. The Morgan fingerprint density at radius 1 is 1.03 bits per heavy atom. The second kappa shape index (κ2) is 10.3. The average Bonchev–Trinajstić information content (AvgIpc) is 3.22. The molecule has 2 aliphatic heterocycles. The van der Waals surface area contributed by atoms with E-state index in [2.05, 4.69) is 50.8 Å². The molecule has 0 radical (unpaired) electrons. The van der Waals surface area contributed by atoms with Crippen LogP contribution in [0.4, 0.5) is 21.7 Å². The fourth-order valence-electron chi connectivity index (χ4n) is 5.97. The molecule has 0 saturated carbocycles. The van der Waals surface area contributed by atoms with Crippen LogP contribution in [0.3, 0.4) is 0 Å². The van der Waals surface area contributed by atoms with Crippen molar-refractivity contribution in [2.24, 2.45) is 5.41 Å². The van der Waals surface area contributed by atoms with Crippen LogP contribution in [0, 0.1) is 11.2 Å². The van der Waals surface area contributed by atoms with Gasteiger partial charge in [-0.25, -0.2) is 14.1 Å². The van der Waals surface area contributed by atoms with Gasteiger partial charge in [-0.3, -0.25) is 9.48 Å². The number of para-hydroxylation sites is 1. The molecule has 2 aromatic heterocycles. The molecule has 0 amide bonds. The van der Waals surface area contributed by atoms with Crippen molar-refractivity contribution < 1.29 is 4.39 Å². The van der Waals surface area contributed by atoms with E-state index >= 15 is 0 Å². The third-order valence-electron chi connectivity index (χ3n) is 8.42. The van der Waals surface area contributed by atoms with Crippen LogP contribution in [-0.4, -0.2) is 57.5 Å². The Kier molecular flexibility index (Phi) is 6.68. The Hall–Kier alpha value is -3.98. The van der Waals surface area contributed by atoms with Gasteiger partial charge < -0.3 is 15.1 Å². The first-order chi connectivity index (χ1) is 19.0. The highest BCUT2D eigenvalue weighted by atomic mass is 19.1. The first-order valence-corrected chi connectivity index (χ1v) is 13.6. The largest absolute Gasteiger partial charge is 0.371 e. The minimum atomic E-state index is -0.491. The lowest BCUT2D eigenvalue weighted by atomic mass is 9.71. The predicted molar refractivity (Wildman–Crippen MR) is 154 cm³/mol. The number of hydrogen-bond acceptors (Lipinski definition) is 6. The Morgan fingerprint density at radius 2 is 1.72 bits per heavy atom. The monoisotopic (exact) mass is 527 g/mol.